The summed E-state index contributed by atoms with van der Waals surface area (Å²) in [6.45, 7) is -7.35. The Morgan fingerprint density at radius 3 is 1.62 bits per heavy atom. The van der Waals surface area contributed by atoms with Crippen LogP contribution in [0.25, 0.3) is 0 Å². The normalized spacial score (nSPS) is 45.8. The molecule has 98 valence electrons. The molecule has 0 aliphatic heterocycles. The van der Waals surface area contributed by atoms with Crippen LogP contribution in [-0.4, -0.2) is 32.1 Å². The second-order valence-electron chi connectivity index (χ2n) is 3.37. The Kier molecular flexibility index (Phi) is 1.42. The molecule has 0 unspecified atom stereocenters. The molecular formula is C15H34N+. The molecule has 0 atom stereocenters. The van der Waals surface area contributed by atoms with Gasteiger partial charge < -0.3 is 4.48 Å². The molecule has 0 fully saturated rings. The second kappa shape index (κ2) is 10.1. The van der Waals surface area contributed by atoms with Crippen LogP contribution in [0.15, 0.2) is 0 Å². The van der Waals surface area contributed by atoms with E-state index in [4.69, 9.17) is 34.3 Å². The third kappa shape index (κ3) is 14.0. The van der Waals surface area contributed by atoms with Crippen molar-refractivity contribution < 1.29 is 38.8 Å². The van der Waals surface area contributed by atoms with Crippen LogP contribution < -0.4 is 0 Å². The molecule has 1 heteroatoms. The molecule has 0 radical (unpaired) electrons. The standard InChI is InChI=1S/C15H34N/c1-5-6-7-8-9-10-11-12-13-14-15-16(2,3)4/h5-15H2,1-4H3/q+1/i1D3,5D2,6D2,7D2,8D2,9D2,10D2,11D2,12D2,13D2,14D2,15D2. The molecule has 0 aliphatic carbocycles. The third-order valence-corrected chi connectivity index (χ3v) is 0.954. The van der Waals surface area contributed by atoms with Gasteiger partial charge in [-0.2, -0.15) is 0 Å². The number of rotatable bonds is 11. The first-order chi connectivity index (χ1) is 17.0. The zero-order valence-electron chi connectivity index (χ0n) is 34.4. The van der Waals surface area contributed by atoms with Gasteiger partial charge in [-0.15, -0.1) is 0 Å². The van der Waals surface area contributed by atoms with Gasteiger partial charge in [-0.25, -0.2) is 0 Å². The van der Waals surface area contributed by atoms with Gasteiger partial charge in [-0.3, -0.25) is 0 Å². The van der Waals surface area contributed by atoms with Crippen LogP contribution in [0.5, 0.6) is 0 Å². The molecule has 0 aromatic rings. The monoisotopic (exact) mass is 253 g/mol. The fraction of sp³-hybridized carbons (Fsp3) is 1.00. The number of hydrogen-bond acceptors (Lipinski definition) is 0. The first-order valence-corrected chi connectivity index (χ1v) is 4.32. The highest BCUT2D eigenvalue weighted by molar-refractivity contribution is 4.47. The fourth-order valence-corrected chi connectivity index (χ4v) is 0.446. The minimum atomic E-state index is -4.78. The summed E-state index contributed by atoms with van der Waals surface area (Å²) in [5, 5.41) is 0. The van der Waals surface area contributed by atoms with E-state index in [9.17, 15) is 0 Å². The highest BCUT2D eigenvalue weighted by Crippen LogP contribution is 2.10. The van der Waals surface area contributed by atoms with Crippen molar-refractivity contribution in [3.05, 3.63) is 0 Å². The zero-order valence-corrected chi connectivity index (χ0v) is 9.45. The Morgan fingerprint density at radius 1 is 0.750 bits per heavy atom. The molecular weight excluding hydrogens is 194 g/mol. The van der Waals surface area contributed by atoms with Gasteiger partial charge in [0.25, 0.3) is 0 Å². The van der Waals surface area contributed by atoms with Crippen LogP contribution in [0, 0.1) is 0 Å². The second-order valence-corrected chi connectivity index (χ2v) is 3.37. The summed E-state index contributed by atoms with van der Waals surface area (Å²) in [6, 6.07) is 0. The lowest BCUT2D eigenvalue weighted by Gasteiger charge is -2.23. The van der Waals surface area contributed by atoms with Gasteiger partial charge in [-0.1, -0.05) is 57.8 Å². The van der Waals surface area contributed by atoms with Crippen molar-refractivity contribution in [1.82, 2.24) is 0 Å². The summed E-state index contributed by atoms with van der Waals surface area (Å²) in [7, 11) is 3.12. The predicted octanol–water partition coefficient (Wildman–Crippen LogP) is 4.61. The van der Waals surface area contributed by atoms with E-state index in [1.807, 2.05) is 0 Å². The molecule has 0 bridgehead atoms. The van der Waals surface area contributed by atoms with Crippen molar-refractivity contribution in [3.63, 3.8) is 0 Å². The van der Waals surface area contributed by atoms with Gasteiger partial charge >= 0.3 is 0 Å². The van der Waals surface area contributed by atoms with Gasteiger partial charge in [-0.05, 0) is 12.7 Å². The predicted molar refractivity (Wildman–Crippen MR) is 74.7 cm³/mol. The molecule has 0 N–H and O–H groups in total. The summed E-state index contributed by atoms with van der Waals surface area (Å²) in [5.41, 5.74) is 0. The lowest BCUT2D eigenvalue weighted by Crippen LogP contribution is -2.35. The highest BCUT2D eigenvalue weighted by atomic mass is 15.3. The summed E-state index contributed by atoms with van der Waals surface area (Å²) in [5.74, 6) is 0. The van der Waals surface area contributed by atoms with Crippen molar-refractivity contribution >= 4 is 0 Å². The van der Waals surface area contributed by atoms with Gasteiger partial charge in [0.15, 0.2) is 0 Å². The summed E-state index contributed by atoms with van der Waals surface area (Å²) in [6.07, 6.45) is -45.4. The van der Waals surface area contributed by atoms with E-state index >= 15 is 0 Å². The number of nitrogens with zero attached hydrogens (tertiary/aromatic N) is 1. The van der Waals surface area contributed by atoms with Crippen LogP contribution in [0.4, 0.5) is 0 Å². The van der Waals surface area contributed by atoms with E-state index < -0.39 is 81.6 Å². The molecule has 0 amide bonds. The van der Waals surface area contributed by atoms with Gasteiger partial charge in [0.05, 0.1) is 30.4 Å². The Bertz CT molecular complexity index is 886. The maximum atomic E-state index is 8.14. The maximum Gasteiger partial charge on any atom is 0.0924 e. The minimum Gasteiger partial charge on any atom is -0.331 e. The lowest BCUT2D eigenvalue weighted by molar-refractivity contribution is -0.870. The molecule has 0 aromatic heterocycles. The molecule has 0 heterocycles. The Hall–Kier alpha value is -0.0400. The van der Waals surface area contributed by atoms with Gasteiger partial charge in [0, 0.05) is 31.5 Å². The molecule has 0 saturated carbocycles. The largest absolute Gasteiger partial charge is 0.331 e. The Balaban J connectivity index is 7.41. The summed E-state index contributed by atoms with van der Waals surface area (Å²) in [4.78, 5) is 0. The molecule has 16 heavy (non-hydrogen) atoms. The highest BCUT2D eigenvalue weighted by Gasteiger charge is 2.04. The SMILES string of the molecule is [2H]C([2H])([2H])C([2H])([2H])C([2H])([2H])C([2H])([2H])C([2H])([2H])C([2H])([2H])C([2H])([2H])C([2H])([2H])C([2H])([2H])C([2H])([2H])C([2H])([2H])C([2H])([2H])[N+](C)(C)C. The summed E-state index contributed by atoms with van der Waals surface area (Å²) >= 11 is 0. The van der Waals surface area contributed by atoms with Crippen LogP contribution in [0.3, 0.4) is 0 Å². The smallest absolute Gasteiger partial charge is 0.0924 e. The van der Waals surface area contributed by atoms with Crippen molar-refractivity contribution in [1.29, 1.82) is 0 Å². The van der Waals surface area contributed by atoms with Gasteiger partial charge in [0.1, 0.15) is 0 Å². The van der Waals surface area contributed by atoms with E-state index in [1.165, 1.54) is 0 Å². The average Bonchev–Trinajstić information content (AvgIpc) is 2.70. The molecule has 0 spiro atoms. The van der Waals surface area contributed by atoms with Crippen molar-refractivity contribution in [2.45, 2.75) is 70.6 Å². The maximum absolute atomic E-state index is 8.14. The Labute approximate surface area is 139 Å². The molecule has 0 rings (SSSR count). The first kappa shape index (κ1) is 2.24. The molecule has 0 saturated heterocycles. The van der Waals surface area contributed by atoms with E-state index in [2.05, 4.69) is 0 Å². The number of hydrogen-bond donors (Lipinski definition) is 0. The van der Waals surface area contributed by atoms with Crippen LogP contribution in [0.2, 0.25) is 0 Å². The third-order valence-electron chi connectivity index (χ3n) is 0.954. The fourth-order valence-electron chi connectivity index (χ4n) is 0.446. The molecule has 0 aromatic carbocycles. The quantitative estimate of drug-likeness (QED) is 0.472. The average molecular weight is 254 g/mol. The first-order valence-electron chi connectivity index (χ1n) is 16.8. The zero-order chi connectivity index (χ0) is 34.5. The summed E-state index contributed by atoms with van der Waals surface area (Å²) < 4.78 is 197. The van der Waals surface area contributed by atoms with E-state index in [-0.39, 0.29) is 0 Å². The van der Waals surface area contributed by atoms with Crippen molar-refractivity contribution in [3.8, 4) is 0 Å². The van der Waals surface area contributed by atoms with Gasteiger partial charge in [0.2, 0.25) is 0 Å². The minimum absolute atomic E-state index is 1.03. The Morgan fingerprint density at radius 2 is 1.19 bits per heavy atom. The van der Waals surface area contributed by atoms with E-state index in [1.54, 1.807) is 0 Å². The van der Waals surface area contributed by atoms with Crippen molar-refractivity contribution in [2.75, 3.05) is 27.6 Å². The van der Waals surface area contributed by atoms with Crippen LogP contribution in [-0.2, 0) is 0 Å². The molecule has 0 aliphatic rings. The van der Waals surface area contributed by atoms with E-state index in [0.29, 0.717) is 0 Å². The van der Waals surface area contributed by atoms with Crippen molar-refractivity contribution in [2.24, 2.45) is 0 Å². The van der Waals surface area contributed by atoms with Crippen LogP contribution >= 0.6 is 0 Å². The lowest BCUT2D eigenvalue weighted by atomic mass is 10.1. The van der Waals surface area contributed by atoms with E-state index in [0.717, 1.165) is 21.1 Å². The topological polar surface area (TPSA) is 0 Å². The molecule has 1 nitrogen and oxygen atoms in total. The number of quaternary nitrogens is 1. The van der Waals surface area contributed by atoms with Crippen LogP contribution in [0.1, 0.15) is 105 Å².